The molecule has 3 rings (SSSR count). The number of hydrogen-bond acceptors (Lipinski definition) is 4. The van der Waals surface area contributed by atoms with Crippen LogP contribution in [-0.2, 0) is 14.8 Å². The fourth-order valence-corrected chi connectivity index (χ4v) is 6.53. The minimum Gasteiger partial charge on any atom is -0.299 e. The fraction of sp³-hybridized carbons (Fsp3) is 0.647. The Morgan fingerprint density at radius 2 is 2.17 bits per heavy atom. The molecule has 1 aromatic rings. The van der Waals surface area contributed by atoms with Crippen LogP contribution in [0.15, 0.2) is 24.5 Å². The van der Waals surface area contributed by atoms with Crippen LogP contribution in [-0.4, -0.2) is 24.9 Å². The van der Waals surface area contributed by atoms with Crippen molar-refractivity contribution in [1.82, 2.24) is 9.71 Å². The van der Waals surface area contributed by atoms with E-state index in [1.54, 1.807) is 25.4 Å². The van der Waals surface area contributed by atoms with Gasteiger partial charge in [0.25, 0.3) is 0 Å². The summed E-state index contributed by atoms with van der Waals surface area (Å²) >= 11 is 0. The van der Waals surface area contributed by atoms with Gasteiger partial charge in [-0.3, -0.25) is 9.78 Å². The second-order valence-corrected chi connectivity index (χ2v) is 9.31. The molecule has 2 bridgehead atoms. The molecular weight excluding hydrogens is 312 g/mol. The first kappa shape index (κ1) is 16.6. The van der Waals surface area contributed by atoms with Crippen molar-refractivity contribution in [2.45, 2.75) is 46.1 Å². The number of nitrogens with zero attached hydrogens (tertiary/aromatic N) is 1. The molecular formula is C17H24N2O3S. The van der Waals surface area contributed by atoms with Crippen LogP contribution in [0.4, 0.5) is 0 Å². The molecule has 1 N–H and O–H groups in total. The van der Waals surface area contributed by atoms with Crippen LogP contribution >= 0.6 is 0 Å². The molecule has 126 valence electrons. The normalized spacial score (nSPS) is 30.6. The molecule has 2 fully saturated rings. The quantitative estimate of drug-likeness (QED) is 0.896. The van der Waals surface area contributed by atoms with E-state index in [-0.39, 0.29) is 23.0 Å². The number of rotatable bonds is 5. The van der Waals surface area contributed by atoms with E-state index in [1.165, 1.54) is 0 Å². The molecule has 0 saturated heterocycles. The topological polar surface area (TPSA) is 76.1 Å². The average Bonchev–Trinajstić information content (AvgIpc) is 2.81. The van der Waals surface area contributed by atoms with Crippen LogP contribution in [0, 0.1) is 16.7 Å². The van der Waals surface area contributed by atoms with Gasteiger partial charge in [0.1, 0.15) is 5.78 Å². The van der Waals surface area contributed by atoms with E-state index in [1.807, 2.05) is 6.07 Å². The lowest BCUT2D eigenvalue weighted by atomic mass is 9.70. The zero-order valence-electron chi connectivity index (χ0n) is 13.9. The Morgan fingerprint density at radius 3 is 2.70 bits per heavy atom. The van der Waals surface area contributed by atoms with Gasteiger partial charge in [-0.2, -0.15) is 0 Å². The zero-order chi connectivity index (χ0) is 16.9. The number of sulfonamides is 1. The second-order valence-electron chi connectivity index (χ2n) is 7.55. The van der Waals surface area contributed by atoms with Gasteiger partial charge < -0.3 is 0 Å². The number of ketones is 1. The molecule has 0 aromatic carbocycles. The third kappa shape index (κ3) is 2.62. The van der Waals surface area contributed by atoms with E-state index in [4.69, 9.17) is 0 Å². The van der Waals surface area contributed by atoms with Crippen molar-refractivity contribution in [1.29, 1.82) is 0 Å². The van der Waals surface area contributed by atoms with Crippen molar-refractivity contribution in [3.63, 3.8) is 0 Å². The van der Waals surface area contributed by atoms with Crippen molar-refractivity contribution in [3.8, 4) is 0 Å². The molecule has 1 aromatic heterocycles. The zero-order valence-corrected chi connectivity index (χ0v) is 14.7. The molecule has 6 heteroatoms. The summed E-state index contributed by atoms with van der Waals surface area (Å²) in [5, 5.41) is 0. The fourth-order valence-electron chi connectivity index (χ4n) is 4.44. The highest BCUT2D eigenvalue weighted by Crippen LogP contribution is 2.64. The maximum atomic E-state index is 12.7. The highest BCUT2D eigenvalue weighted by molar-refractivity contribution is 7.89. The Hall–Kier alpha value is -1.27. The molecule has 5 nitrogen and oxygen atoms in total. The van der Waals surface area contributed by atoms with Gasteiger partial charge in [-0.15, -0.1) is 0 Å². The molecule has 0 amide bonds. The first-order chi connectivity index (χ1) is 10.7. The molecule has 2 aliphatic carbocycles. The Morgan fingerprint density at radius 1 is 1.43 bits per heavy atom. The predicted octanol–water partition coefficient (Wildman–Crippen LogP) is 2.46. The number of pyridine rings is 1. The first-order valence-electron chi connectivity index (χ1n) is 8.11. The van der Waals surface area contributed by atoms with E-state index < -0.39 is 15.4 Å². The number of nitrogens with one attached hydrogen (secondary N) is 1. The second kappa shape index (κ2) is 5.38. The van der Waals surface area contributed by atoms with Gasteiger partial charge in [0, 0.05) is 30.3 Å². The van der Waals surface area contributed by atoms with Crippen molar-refractivity contribution in [3.05, 3.63) is 30.1 Å². The average molecular weight is 336 g/mol. The molecule has 0 aliphatic heterocycles. The van der Waals surface area contributed by atoms with Gasteiger partial charge in [0.05, 0.1) is 5.75 Å². The van der Waals surface area contributed by atoms with E-state index in [0.29, 0.717) is 18.8 Å². The van der Waals surface area contributed by atoms with Crippen LogP contribution in [0.2, 0.25) is 0 Å². The molecule has 1 heterocycles. The van der Waals surface area contributed by atoms with Gasteiger partial charge in [-0.05, 0) is 42.7 Å². The summed E-state index contributed by atoms with van der Waals surface area (Å²) in [7, 11) is -3.56. The summed E-state index contributed by atoms with van der Waals surface area (Å²) in [5.74, 6) is 0.339. The van der Waals surface area contributed by atoms with Crippen LogP contribution in [0.5, 0.6) is 0 Å². The van der Waals surface area contributed by atoms with Gasteiger partial charge in [0.15, 0.2) is 0 Å². The lowest BCUT2D eigenvalue weighted by molar-refractivity contribution is -0.128. The number of hydrogen-bond donors (Lipinski definition) is 1. The van der Waals surface area contributed by atoms with Crippen molar-refractivity contribution < 1.29 is 13.2 Å². The Kier molecular flexibility index (Phi) is 3.88. The standard InChI is InChI=1S/C17H24N2O3S/c1-12(13-5-4-8-18-10-13)19-23(21,22)11-17-7-6-14(9-15(17)20)16(17,2)3/h4-5,8,10,12,14,19H,6-7,9,11H2,1-3H3/t12-,14-,17-/m0/s1. The van der Waals surface area contributed by atoms with Crippen molar-refractivity contribution in [2.24, 2.45) is 16.7 Å². The maximum Gasteiger partial charge on any atom is 0.213 e. The molecule has 0 spiro atoms. The third-order valence-corrected chi connectivity index (χ3v) is 7.70. The summed E-state index contributed by atoms with van der Waals surface area (Å²) in [5.41, 5.74) is -0.149. The van der Waals surface area contributed by atoms with Gasteiger partial charge in [-0.25, -0.2) is 13.1 Å². The van der Waals surface area contributed by atoms with E-state index in [2.05, 4.69) is 23.6 Å². The van der Waals surface area contributed by atoms with Crippen LogP contribution < -0.4 is 4.72 Å². The number of Topliss-reactive ketones (excluding diaryl/α,β-unsaturated/α-hetero) is 1. The Labute approximate surface area is 137 Å². The predicted molar refractivity (Wildman–Crippen MR) is 88.1 cm³/mol. The van der Waals surface area contributed by atoms with Gasteiger partial charge >= 0.3 is 0 Å². The molecule has 3 atom stereocenters. The van der Waals surface area contributed by atoms with Crippen LogP contribution in [0.25, 0.3) is 0 Å². The summed E-state index contributed by atoms with van der Waals surface area (Å²) in [6.45, 7) is 5.90. The van der Waals surface area contributed by atoms with Gasteiger partial charge in [0.2, 0.25) is 10.0 Å². The highest BCUT2D eigenvalue weighted by Gasteiger charge is 2.65. The number of carbonyl (C=O) groups excluding carboxylic acids is 1. The Balaban J connectivity index is 1.80. The molecule has 23 heavy (non-hydrogen) atoms. The third-order valence-electron chi connectivity index (χ3n) is 6.12. The smallest absolute Gasteiger partial charge is 0.213 e. The largest absolute Gasteiger partial charge is 0.299 e. The summed E-state index contributed by atoms with van der Waals surface area (Å²) in [6, 6.07) is 3.26. The summed E-state index contributed by atoms with van der Waals surface area (Å²) in [6.07, 6.45) is 5.47. The van der Waals surface area contributed by atoms with Crippen LogP contribution in [0.3, 0.4) is 0 Å². The molecule has 0 unspecified atom stereocenters. The number of aromatic nitrogens is 1. The summed E-state index contributed by atoms with van der Waals surface area (Å²) in [4.78, 5) is 16.5. The lowest BCUT2D eigenvalue weighted by Crippen LogP contribution is -2.45. The lowest BCUT2D eigenvalue weighted by Gasteiger charge is -2.36. The molecule has 0 radical (unpaired) electrons. The number of carbonyl (C=O) groups is 1. The summed E-state index contributed by atoms with van der Waals surface area (Å²) < 4.78 is 28.1. The minimum atomic E-state index is -3.56. The maximum absolute atomic E-state index is 12.7. The highest BCUT2D eigenvalue weighted by atomic mass is 32.2. The first-order valence-corrected chi connectivity index (χ1v) is 9.76. The SMILES string of the molecule is C[C@H](NS(=O)(=O)C[C@@]12CC[C@@H](CC1=O)C2(C)C)c1cccnc1. The monoisotopic (exact) mass is 336 g/mol. The van der Waals surface area contributed by atoms with Gasteiger partial charge in [-0.1, -0.05) is 19.9 Å². The Bertz CT molecular complexity index is 715. The molecule has 2 saturated carbocycles. The van der Waals surface area contributed by atoms with E-state index in [9.17, 15) is 13.2 Å². The van der Waals surface area contributed by atoms with E-state index >= 15 is 0 Å². The molecule has 2 aliphatic rings. The van der Waals surface area contributed by atoms with E-state index in [0.717, 1.165) is 12.0 Å². The minimum absolute atomic E-state index is 0.104. The number of fused-ring (bicyclic) bond motifs is 2. The van der Waals surface area contributed by atoms with Crippen molar-refractivity contribution >= 4 is 15.8 Å². The van der Waals surface area contributed by atoms with Crippen LogP contribution in [0.1, 0.15) is 51.6 Å². The van der Waals surface area contributed by atoms with Crippen molar-refractivity contribution in [2.75, 3.05) is 5.75 Å².